The summed E-state index contributed by atoms with van der Waals surface area (Å²) in [6, 6.07) is 9.03. The first-order valence-electron chi connectivity index (χ1n) is 8.29. The number of fused-ring (bicyclic) bond motifs is 1. The number of hydrogen-bond acceptors (Lipinski definition) is 7. The smallest absolute Gasteiger partial charge is 0.341 e. The number of para-hydroxylation sites is 1. The molecule has 0 aliphatic carbocycles. The molecule has 0 spiro atoms. The van der Waals surface area contributed by atoms with Gasteiger partial charge < -0.3 is 9.67 Å². The Morgan fingerprint density at radius 2 is 2.04 bits per heavy atom. The molecular weight excluding hydrogens is 366 g/mol. The summed E-state index contributed by atoms with van der Waals surface area (Å²) in [6.07, 6.45) is 1.26. The van der Waals surface area contributed by atoms with Crippen LogP contribution in [0.5, 0.6) is 0 Å². The molecule has 0 atom stereocenters. The number of rotatable bonds is 6. The van der Waals surface area contributed by atoms with Gasteiger partial charge in [0.05, 0.1) is 16.0 Å². The van der Waals surface area contributed by atoms with Gasteiger partial charge in [0.15, 0.2) is 5.69 Å². The van der Waals surface area contributed by atoms with E-state index in [1.807, 2.05) is 0 Å². The standard InChI is InChI=1S/C18H15N5O5/c1-2-22-10-13(18(25)26)16(24)12-8-7-11(20-17(12)22)9-19-21-14-5-3-4-6-15(14)23(27)28/h3-8,10H,2,9H2,1H3,(H,25,26). The minimum absolute atomic E-state index is 0.0422. The highest BCUT2D eigenvalue weighted by atomic mass is 16.6. The Hall–Kier alpha value is -3.95. The maximum Gasteiger partial charge on any atom is 0.341 e. The van der Waals surface area contributed by atoms with Crippen molar-refractivity contribution in [1.29, 1.82) is 0 Å². The van der Waals surface area contributed by atoms with Gasteiger partial charge in [0, 0.05) is 18.8 Å². The molecule has 3 rings (SSSR count). The number of nitrogens with zero attached hydrogens (tertiary/aromatic N) is 5. The van der Waals surface area contributed by atoms with Crippen molar-refractivity contribution in [3.63, 3.8) is 0 Å². The molecule has 28 heavy (non-hydrogen) atoms. The number of carbonyl (C=O) groups is 1. The fourth-order valence-electron chi connectivity index (χ4n) is 2.67. The maximum absolute atomic E-state index is 12.3. The Bertz CT molecular complexity index is 1170. The molecular formula is C18H15N5O5. The second-order valence-corrected chi connectivity index (χ2v) is 5.78. The first-order valence-corrected chi connectivity index (χ1v) is 8.29. The molecule has 0 amide bonds. The second kappa shape index (κ2) is 7.74. The Kier molecular flexibility index (Phi) is 5.21. The molecule has 0 aliphatic rings. The molecule has 10 heteroatoms. The number of carboxylic acids is 1. The van der Waals surface area contributed by atoms with Crippen LogP contribution in [0.3, 0.4) is 0 Å². The van der Waals surface area contributed by atoms with Crippen molar-refractivity contribution < 1.29 is 14.8 Å². The molecule has 1 N–H and O–H groups in total. The van der Waals surface area contributed by atoms with E-state index >= 15 is 0 Å². The van der Waals surface area contributed by atoms with Gasteiger partial charge in [-0.2, -0.15) is 5.11 Å². The Morgan fingerprint density at radius 1 is 1.29 bits per heavy atom. The lowest BCUT2D eigenvalue weighted by Crippen LogP contribution is -2.19. The van der Waals surface area contributed by atoms with Crippen LogP contribution in [0.2, 0.25) is 0 Å². The zero-order valence-electron chi connectivity index (χ0n) is 14.8. The van der Waals surface area contributed by atoms with E-state index in [1.54, 1.807) is 23.6 Å². The van der Waals surface area contributed by atoms with Crippen molar-refractivity contribution in [2.24, 2.45) is 10.2 Å². The highest BCUT2D eigenvalue weighted by Crippen LogP contribution is 2.26. The minimum Gasteiger partial charge on any atom is -0.477 e. The third-order valence-electron chi connectivity index (χ3n) is 4.04. The molecule has 10 nitrogen and oxygen atoms in total. The molecule has 2 aromatic heterocycles. The SMILES string of the molecule is CCn1cc(C(=O)O)c(=O)c2ccc(CN=Nc3ccccc3[N+](=O)[O-])nc21. The number of carboxylic acid groups (broad SMARTS) is 1. The zero-order chi connectivity index (χ0) is 20.3. The average molecular weight is 381 g/mol. The summed E-state index contributed by atoms with van der Waals surface area (Å²) in [7, 11) is 0. The number of aromatic carboxylic acids is 1. The molecule has 1 aromatic carbocycles. The van der Waals surface area contributed by atoms with Crippen LogP contribution in [-0.2, 0) is 13.1 Å². The highest BCUT2D eigenvalue weighted by molar-refractivity contribution is 5.91. The van der Waals surface area contributed by atoms with Crippen LogP contribution in [0.4, 0.5) is 11.4 Å². The summed E-state index contributed by atoms with van der Waals surface area (Å²) in [4.78, 5) is 38.4. The van der Waals surface area contributed by atoms with Crippen molar-refractivity contribution in [2.75, 3.05) is 0 Å². The van der Waals surface area contributed by atoms with Crippen molar-refractivity contribution in [3.05, 3.63) is 74.2 Å². The predicted octanol–water partition coefficient (Wildman–Crippen LogP) is 3.31. The van der Waals surface area contributed by atoms with E-state index in [2.05, 4.69) is 15.2 Å². The quantitative estimate of drug-likeness (QED) is 0.394. The van der Waals surface area contributed by atoms with Crippen LogP contribution in [0.15, 0.2) is 57.6 Å². The van der Waals surface area contributed by atoms with Gasteiger partial charge in [-0.3, -0.25) is 14.9 Å². The van der Waals surface area contributed by atoms with Crippen LogP contribution in [0, 0.1) is 10.1 Å². The van der Waals surface area contributed by atoms with Crippen LogP contribution < -0.4 is 5.43 Å². The van der Waals surface area contributed by atoms with Crippen LogP contribution in [0.1, 0.15) is 23.0 Å². The molecule has 0 saturated carbocycles. The van der Waals surface area contributed by atoms with Crippen LogP contribution in [-0.4, -0.2) is 25.6 Å². The Morgan fingerprint density at radius 3 is 2.71 bits per heavy atom. The third kappa shape index (κ3) is 3.61. The molecule has 142 valence electrons. The van der Waals surface area contributed by atoms with Crippen LogP contribution >= 0.6 is 0 Å². The number of aryl methyl sites for hydroxylation is 1. The van der Waals surface area contributed by atoms with E-state index in [4.69, 9.17) is 0 Å². The van der Waals surface area contributed by atoms with Gasteiger partial charge in [-0.05, 0) is 25.1 Å². The van der Waals surface area contributed by atoms with Gasteiger partial charge >= 0.3 is 5.97 Å². The van der Waals surface area contributed by atoms with Gasteiger partial charge in [0.1, 0.15) is 17.8 Å². The highest BCUT2D eigenvalue weighted by Gasteiger charge is 2.15. The first kappa shape index (κ1) is 18.8. The number of aromatic nitrogens is 2. The summed E-state index contributed by atoms with van der Waals surface area (Å²) in [5, 5.41) is 28.2. The summed E-state index contributed by atoms with van der Waals surface area (Å²) in [5.74, 6) is -1.29. The van der Waals surface area contributed by atoms with Gasteiger partial charge in [-0.15, -0.1) is 5.11 Å². The number of nitro groups is 1. The average Bonchev–Trinajstić information content (AvgIpc) is 2.68. The summed E-state index contributed by atoms with van der Waals surface area (Å²) < 4.78 is 1.57. The molecule has 0 saturated heterocycles. The van der Waals surface area contributed by atoms with Crippen molar-refractivity contribution in [2.45, 2.75) is 20.0 Å². The van der Waals surface area contributed by atoms with E-state index in [0.29, 0.717) is 17.9 Å². The maximum atomic E-state index is 12.3. The van der Waals surface area contributed by atoms with E-state index in [1.165, 1.54) is 30.5 Å². The van der Waals surface area contributed by atoms with Crippen molar-refractivity contribution in [3.8, 4) is 0 Å². The fraction of sp³-hybridized carbons (Fsp3) is 0.167. The Balaban J connectivity index is 1.95. The largest absolute Gasteiger partial charge is 0.477 e. The second-order valence-electron chi connectivity index (χ2n) is 5.78. The normalized spacial score (nSPS) is 11.2. The topological polar surface area (TPSA) is 140 Å². The molecule has 2 heterocycles. The van der Waals surface area contributed by atoms with Gasteiger partial charge in [-0.25, -0.2) is 9.78 Å². The molecule has 0 aliphatic heterocycles. The minimum atomic E-state index is -1.29. The number of nitro benzene ring substituents is 1. The molecule has 0 bridgehead atoms. The lowest BCUT2D eigenvalue weighted by atomic mass is 10.2. The predicted molar refractivity (Wildman–Crippen MR) is 100.0 cm³/mol. The van der Waals surface area contributed by atoms with Crippen LogP contribution in [0.25, 0.3) is 11.0 Å². The van der Waals surface area contributed by atoms with Gasteiger partial charge in [0.2, 0.25) is 5.43 Å². The summed E-state index contributed by atoms with van der Waals surface area (Å²) >= 11 is 0. The van der Waals surface area contributed by atoms with Crippen molar-refractivity contribution >= 4 is 28.4 Å². The molecule has 0 radical (unpaired) electrons. The third-order valence-corrected chi connectivity index (χ3v) is 4.04. The number of hydrogen-bond donors (Lipinski definition) is 1. The van der Waals surface area contributed by atoms with E-state index < -0.39 is 16.3 Å². The van der Waals surface area contributed by atoms with E-state index in [0.717, 1.165) is 0 Å². The number of pyridine rings is 2. The van der Waals surface area contributed by atoms with E-state index in [-0.39, 0.29) is 28.9 Å². The monoisotopic (exact) mass is 381 g/mol. The Labute approximate surface area is 157 Å². The van der Waals surface area contributed by atoms with Gasteiger partial charge in [-0.1, -0.05) is 12.1 Å². The molecule has 3 aromatic rings. The molecule has 0 unspecified atom stereocenters. The number of benzene rings is 1. The summed E-state index contributed by atoms with van der Waals surface area (Å²) in [6.45, 7) is 2.27. The first-order chi connectivity index (χ1) is 13.4. The van der Waals surface area contributed by atoms with Gasteiger partial charge in [0.25, 0.3) is 5.69 Å². The van der Waals surface area contributed by atoms with Crippen molar-refractivity contribution in [1.82, 2.24) is 9.55 Å². The number of azo groups is 1. The molecule has 0 fully saturated rings. The lowest BCUT2D eigenvalue weighted by molar-refractivity contribution is -0.384. The zero-order valence-corrected chi connectivity index (χ0v) is 14.8. The van der Waals surface area contributed by atoms with E-state index in [9.17, 15) is 24.8 Å². The fourth-order valence-corrected chi connectivity index (χ4v) is 2.67. The summed E-state index contributed by atoms with van der Waals surface area (Å²) in [5.41, 5.74) is -0.119. The lowest BCUT2D eigenvalue weighted by Gasteiger charge is -2.09.